The van der Waals surface area contributed by atoms with E-state index in [0.717, 1.165) is 23.6 Å². The van der Waals surface area contributed by atoms with Gasteiger partial charge in [0, 0.05) is 25.0 Å². The second kappa shape index (κ2) is 8.94. The number of ether oxygens (including phenoxy) is 1. The Morgan fingerprint density at radius 1 is 0.963 bits per heavy atom. The molecule has 1 aromatic heterocycles. The van der Waals surface area contributed by atoms with Crippen LogP contribution in [0.1, 0.15) is 22.4 Å². The van der Waals surface area contributed by atoms with E-state index in [9.17, 15) is 4.79 Å². The van der Waals surface area contributed by atoms with E-state index < -0.39 is 0 Å². The number of nitrogens with zero attached hydrogens (tertiary/aromatic N) is 1. The van der Waals surface area contributed by atoms with Crippen molar-refractivity contribution in [3.63, 3.8) is 0 Å². The summed E-state index contributed by atoms with van der Waals surface area (Å²) in [7, 11) is 1.63. The van der Waals surface area contributed by atoms with E-state index in [0.29, 0.717) is 13.1 Å². The summed E-state index contributed by atoms with van der Waals surface area (Å²) >= 11 is 0. The predicted octanol–water partition coefficient (Wildman–Crippen LogP) is 3.85. The van der Waals surface area contributed by atoms with Crippen molar-refractivity contribution in [2.24, 2.45) is 0 Å². The van der Waals surface area contributed by atoms with Crippen molar-refractivity contribution in [2.45, 2.75) is 26.6 Å². The molecule has 5 heteroatoms. The average Bonchev–Trinajstić information content (AvgIpc) is 3.12. The molecule has 0 bridgehead atoms. The standard InChI is InChI=1S/C22H25N3O2/c1-17-6-3-8-19(12-17)16-25-11-5-9-20(25)15-24-22(26)23-14-18-7-4-10-21(13-18)27-2/h3-13H,14-16H2,1-2H3,(H2,23,24,26). The minimum Gasteiger partial charge on any atom is -0.497 e. The molecule has 0 radical (unpaired) electrons. The molecule has 0 aliphatic carbocycles. The number of amides is 2. The number of rotatable bonds is 7. The highest BCUT2D eigenvalue weighted by atomic mass is 16.5. The number of hydrogen-bond acceptors (Lipinski definition) is 2. The van der Waals surface area contributed by atoms with E-state index in [2.05, 4.69) is 46.4 Å². The van der Waals surface area contributed by atoms with Gasteiger partial charge in [-0.15, -0.1) is 0 Å². The molecule has 5 nitrogen and oxygen atoms in total. The lowest BCUT2D eigenvalue weighted by Gasteiger charge is -2.12. The van der Waals surface area contributed by atoms with Gasteiger partial charge in [-0.3, -0.25) is 0 Å². The highest BCUT2D eigenvalue weighted by Gasteiger charge is 2.06. The normalized spacial score (nSPS) is 10.4. The summed E-state index contributed by atoms with van der Waals surface area (Å²) in [5, 5.41) is 5.79. The maximum atomic E-state index is 12.1. The molecule has 0 spiro atoms. The van der Waals surface area contributed by atoms with Crippen molar-refractivity contribution in [3.8, 4) is 5.75 Å². The number of hydrogen-bond donors (Lipinski definition) is 2. The molecule has 140 valence electrons. The van der Waals surface area contributed by atoms with Gasteiger partial charge in [-0.1, -0.05) is 42.0 Å². The Morgan fingerprint density at radius 2 is 1.74 bits per heavy atom. The highest BCUT2D eigenvalue weighted by molar-refractivity contribution is 5.73. The Bertz CT molecular complexity index is 902. The molecular weight excluding hydrogens is 338 g/mol. The van der Waals surface area contributed by atoms with Gasteiger partial charge >= 0.3 is 6.03 Å². The first-order valence-electron chi connectivity index (χ1n) is 8.98. The summed E-state index contributed by atoms with van der Waals surface area (Å²) in [4.78, 5) is 12.1. The first-order valence-corrected chi connectivity index (χ1v) is 8.98. The van der Waals surface area contributed by atoms with Gasteiger partial charge < -0.3 is 19.9 Å². The molecular formula is C22H25N3O2. The molecule has 3 aromatic rings. The molecule has 2 aromatic carbocycles. The summed E-state index contributed by atoms with van der Waals surface area (Å²) in [5.41, 5.74) is 4.55. The van der Waals surface area contributed by atoms with E-state index in [1.807, 2.05) is 42.6 Å². The van der Waals surface area contributed by atoms with E-state index in [-0.39, 0.29) is 6.03 Å². The van der Waals surface area contributed by atoms with E-state index in [1.165, 1.54) is 11.1 Å². The third-order valence-electron chi connectivity index (χ3n) is 4.38. The molecule has 1 heterocycles. The van der Waals surface area contributed by atoms with Gasteiger partial charge in [-0.05, 0) is 42.3 Å². The maximum absolute atomic E-state index is 12.1. The predicted molar refractivity (Wildman–Crippen MR) is 107 cm³/mol. The zero-order valence-corrected chi connectivity index (χ0v) is 15.7. The minimum absolute atomic E-state index is 0.193. The van der Waals surface area contributed by atoms with Gasteiger partial charge in [0.25, 0.3) is 0 Å². The maximum Gasteiger partial charge on any atom is 0.315 e. The molecule has 0 unspecified atom stereocenters. The molecule has 3 rings (SSSR count). The van der Waals surface area contributed by atoms with Crippen molar-refractivity contribution in [1.82, 2.24) is 15.2 Å². The van der Waals surface area contributed by atoms with Gasteiger partial charge in [0.05, 0.1) is 13.7 Å². The Morgan fingerprint density at radius 3 is 2.56 bits per heavy atom. The smallest absolute Gasteiger partial charge is 0.315 e. The zero-order chi connectivity index (χ0) is 19.1. The fourth-order valence-corrected chi connectivity index (χ4v) is 2.97. The fraction of sp³-hybridized carbons (Fsp3) is 0.227. The van der Waals surface area contributed by atoms with Crippen molar-refractivity contribution < 1.29 is 9.53 Å². The van der Waals surface area contributed by atoms with Crippen LogP contribution in [0.15, 0.2) is 66.9 Å². The summed E-state index contributed by atoms with van der Waals surface area (Å²) in [6.07, 6.45) is 2.04. The molecule has 0 saturated heterocycles. The largest absolute Gasteiger partial charge is 0.497 e. The molecule has 2 amide bonds. The van der Waals surface area contributed by atoms with Crippen LogP contribution in [0.4, 0.5) is 4.79 Å². The number of nitrogens with one attached hydrogen (secondary N) is 2. The third kappa shape index (κ3) is 5.38. The molecule has 0 atom stereocenters. The average molecular weight is 363 g/mol. The monoisotopic (exact) mass is 363 g/mol. The molecule has 2 N–H and O–H groups in total. The van der Waals surface area contributed by atoms with Crippen LogP contribution in [0.3, 0.4) is 0 Å². The highest BCUT2D eigenvalue weighted by Crippen LogP contribution is 2.12. The van der Waals surface area contributed by atoms with Crippen LogP contribution < -0.4 is 15.4 Å². The van der Waals surface area contributed by atoms with Crippen LogP contribution in [-0.4, -0.2) is 17.7 Å². The fourth-order valence-electron chi connectivity index (χ4n) is 2.97. The number of benzene rings is 2. The number of carbonyl (C=O) groups excluding carboxylic acids is 1. The number of aryl methyl sites for hydroxylation is 1. The Hall–Kier alpha value is -3.21. The lowest BCUT2D eigenvalue weighted by atomic mass is 10.1. The van der Waals surface area contributed by atoms with Crippen LogP contribution in [0, 0.1) is 6.92 Å². The zero-order valence-electron chi connectivity index (χ0n) is 15.7. The summed E-state index contributed by atoms with van der Waals surface area (Å²) in [5.74, 6) is 0.781. The van der Waals surface area contributed by atoms with Gasteiger partial charge in [-0.25, -0.2) is 4.79 Å². The lowest BCUT2D eigenvalue weighted by Crippen LogP contribution is -2.35. The quantitative estimate of drug-likeness (QED) is 0.670. The van der Waals surface area contributed by atoms with E-state index >= 15 is 0 Å². The number of urea groups is 1. The minimum atomic E-state index is -0.193. The molecule has 0 saturated carbocycles. The van der Waals surface area contributed by atoms with E-state index in [1.54, 1.807) is 7.11 Å². The number of aromatic nitrogens is 1. The molecule has 0 fully saturated rings. The Labute approximate surface area is 160 Å². The van der Waals surface area contributed by atoms with Gasteiger partial charge in [-0.2, -0.15) is 0 Å². The van der Waals surface area contributed by atoms with Crippen molar-refractivity contribution in [1.29, 1.82) is 0 Å². The van der Waals surface area contributed by atoms with Crippen LogP contribution >= 0.6 is 0 Å². The molecule has 0 aliphatic rings. The van der Waals surface area contributed by atoms with Gasteiger partial charge in [0.15, 0.2) is 0 Å². The van der Waals surface area contributed by atoms with Crippen LogP contribution in [0.5, 0.6) is 5.75 Å². The lowest BCUT2D eigenvalue weighted by molar-refractivity contribution is 0.240. The second-order valence-corrected chi connectivity index (χ2v) is 6.50. The SMILES string of the molecule is COc1cccc(CNC(=O)NCc2cccn2Cc2cccc(C)c2)c1. The number of methoxy groups -OCH3 is 1. The van der Waals surface area contributed by atoms with Crippen molar-refractivity contribution >= 4 is 6.03 Å². The van der Waals surface area contributed by atoms with Gasteiger partial charge in [0.2, 0.25) is 0 Å². The number of carbonyl (C=O) groups is 1. The van der Waals surface area contributed by atoms with Crippen molar-refractivity contribution in [2.75, 3.05) is 7.11 Å². The van der Waals surface area contributed by atoms with Crippen LogP contribution in [-0.2, 0) is 19.6 Å². The van der Waals surface area contributed by atoms with E-state index in [4.69, 9.17) is 4.74 Å². The summed E-state index contributed by atoms with van der Waals surface area (Å²) in [6.45, 7) is 3.81. The Kier molecular flexibility index (Phi) is 6.15. The topological polar surface area (TPSA) is 55.3 Å². The van der Waals surface area contributed by atoms with Gasteiger partial charge in [0.1, 0.15) is 5.75 Å². The first kappa shape index (κ1) is 18.6. The summed E-state index contributed by atoms with van der Waals surface area (Å²) < 4.78 is 7.35. The third-order valence-corrected chi connectivity index (χ3v) is 4.38. The van der Waals surface area contributed by atoms with Crippen LogP contribution in [0.25, 0.3) is 0 Å². The molecule has 27 heavy (non-hydrogen) atoms. The second-order valence-electron chi connectivity index (χ2n) is 6.50. The Balaban J connectivity index is 1.51. The van der Waals surface area contributed by atoms with Crippen molar-refractivity contribution in [3.05, 3.63) is 89.2 Å². The summed E-state index contributed by atoms with van der Waals surface area (Å²) in [6, 6.07) is 19.9. The first-order chi connectivity index (χ1) is 13.1. The molecule has 0 aliphatic heterocycles. The van der Waals surface area contributed by atoms with Crippen LogP contribution in [0.2, 0.25) is 0 Å².